The lowest BCUT2D eigenvalue weighted by Gasteiger charge is -2.12. The van der Waals surface area contributed by atoms with Gasteiger partial charge in [-0.2, -0.15) is 0 Å². The average molecular weight is 443 g/mol. The molecule has 0 bridgehead atoms. The number of carbonyl (C=O) groups excluding carboxylic acids is 3. The molecule has 0 fully saturated rings. The second-order valence-electron chi connectivity index (χ2n) is 6.21. The van der Waals surface area contributed by atoms with Gasteiger partial charge in [-0.1, -0.05) is 12.1 Å². The van der Waals surface area contributed by atoms with Crippen LogP contribution >= 0.6 is 0 Å². The van der Waals surface area contributed by atoms with Crippen LogP contribution in [-0.2, 0) is 19.1 Å². The number of amides is 1. The van der Waals surface area contributed by atoms with Crippen molar-refractivity contribution in [3.05, 3.63) is 53.6 Å². The van der Waals surface area contributed by atoms with Crippen molar-refractivity contribution in [3.8, 4) is 17.2 Å². The fourth-order valence-corrected chi connectivity index (χ4v) is 2.71. The van der Waals surface area contributed by atoms with Gasteiger partial charge in [0.2, 0.25) is 5.75 Å². The molecule has 0 aliphatic carbocycles. The van der Waals surface area contributed by atoms with Gasteiger partial charge >= 0.3 is 11.9 Å². The molecule has 2 aromatic carbocycles. The van der Waals surface area contributed by atoms with Gasteiger partial charge in [0.25, 0.3) is 5.91 Å². The Kier molecular flexibility index (Phi) is 9.09. The molecule has 0 aliphatic heterocycles. The molecule has 0 heterocycles. The van der Waals surface area contributed by atoms with E-state index in [2.05, 4.69) is 5.32 Å². The molecule has 0 saturated heterocycles. The van der Waals surface area contributed by atoms with Crippen molar-refractivity contribution in [1.29, 1.82) is 0 Å². The molecule has 0 radical (unpaired) electrons. The predicted molar refractivity (Wildman–Crippen MR) is 117 cm³/mol. The normalized spacial score (nSPS) is 10.4. The molecule has 0 aromatic heterocycles. The third-order valence-corrected chi connectivity index (χ3v) is 4.14. The number of carbonyl (C=O) groups is 3. The summed E-state index contributed by atoms with van der Waals surface area (Å²) < 4.78 is 25.7. The maximum Gasteiger partial charge on any atom is 0.340 e. The van der Waals surface area contributed by atoms with Crippen LogP contribution in [0.5, 0.6) is 17.2 Å². The maximum absolute atomic E-state index is 12.1. The van der Waals surface area contributed by atoms with Gasteiger partial charge in [-0.05, 0) is 42.8 Å². The fourth-order valence-electron chi connectivity index (χ4n) is 2.71. The summed E-state index contributed by atoms with van der Waals surface area (Å²) in [5.41, 5.74) is 1.07. The molecule has 0 atom stereocenters. The maximum atomic E-state index is 12.1. The molecule has 9 nitrogen and oxygen atoms in total. The molecule has 2 rings (SSSR count). The summed E-state index contributed by atoms with van der Waals surface area (Å²) in [5.74, 6) is -0.606. The Morgan fingerprint density at radius 2 is 1.59 bits per heavy atom. The minimum atomic E-state index is -0.729. The number of esters is 2. The molecule has 170 valence electrons. The van der Waals surface area contributed by atoms with Crippen LogP contribution in [-0.4, -0.2) is 52.4 Å². The van der Waals surface area contributed by atoms with Crippen LogP contribution < -0.4 is 19.5 Å². The van der Waals surface area contributed by atoms with Crippen molar-refractivity contribution < 1.29 is 38.1 Å². The largest absolute Gasteiger partial charge is 0.493 e. The first-order valence-electron chi connectivity index (χ1n) is 9.64. The van der Waals surface area contributed by atoms with Gasteiger partial charge < -0.3 is 29.0 Å². The van der Waals surface area contributed by atoms with Crippen molar-refractivity contribution in [3.63, 3.8) is 0 Å². The molecule has 9 heteroatoms. The number of rotatable bonds is 10. The van der Waals surface area contributed by atoms with Crippen LogP contribution in [0.4, 0.5) is 5.69 Å². The lowest BCUT2D eigenvalue weighted by atomic mass is 10.1. The average Bonchev–Trinajstić information content (AvgIpc) is 2.81. The summed E-state index contributed by atoms with van der Waals surface area (Å²) in [6, 6.07) is 9.70. The topological polar surface area (TPSA) is 109 Å². The lowest BCUT2D eigenvalue weighted by Crippen LogP contribution is -2.21. The molecule has 2 aromatic rings. The summed E-state index contributed by atoms with van der Waals surface area (Å²) in [5, 5.41) is 2.53. The quantitative estimate of drug-likeness (QED) is 0.441. The van der Waals surface area contributed by atoms with Crippen LogP contribution in [0, 0.1) is 0 Å². The van der Waals surface area contributed by atoms with Crippen molar-refractivity contribution in [1.82, 2.24) is 0 Å². The Morgan fingerprint density at radius 1 is 0.938 bits per heavy atom. The number of benzene rings is 2. The van der Waals surface area contributed by atoms with Crippen LogP contribution in [0.25, 0.3) is 6.08 Å². The molecular weight excluding hydrogens is 418 g/mol. The van der Waals surface area contributed by atoms with Crippen molar-refractivity contribution >= 4 is 29.6 Å². The van der Waals surface area contributed by atoms with Gasteiger partial charge in [0, 0.05) is 6.08 Å². The van der Waals surface area contributed by atoms with Crippen LogP contribution in [0.15, 0.2) is 42.5 Å². The van der Waals surface area contributed by atoms with E-state index < -0.39 is 24.5 Å². The number of anilines is 1. The first-order valence-corrected chi connectivity index (χ1v) is 9.64. The molecular formula is C23H25NO8. The summed E-state index contributed by atoms with van der Waals surface area (Å²) in [6.45, 7) is 1.36. The summed E-state index contributed by atoms with van der Waals surface area (Å²) in [6.07, 6.45) is 2.65. The Hall–Kier alpha value is -4.01. The van der Waals surface area contributed by atoms with E-state index in [-0.39, 0.29) is 17.9 Å². The van der Waals surface area contributed by atoms with E-state index in [9.17, 15) is 14.4 Å². The number of ether oxygens (including phenoxy) is 5. The molecule has 1 amide bonds. The minimum Gasteiger partial charge on any atom is -0.493 e. The molecule has 0 aliphatic rings. The first kappa shape index (κ1) is 24.3. The SMILES string of the molecule is CCOC(=O)c1ccccc1NC(=O)COC(=O)/C=C/c1cc(OC)c(OC)c(OC)c1. The standard InChI is InChI=1S/C23H25NO8/c1-5-31-23(27)16-8-6-7-9-17(16)24-20(25)14-32-21(26)11-10-15-12-18(28-2)22(30-4)19(13-15)29-3/h6-13H,5,14H2,1-4H3,(H,24,25)/b11-10+. The van der Waals surface area contributed by atoms with Gasteiger partial charge in [-0.15, -0.1) is 0 Å². The number of methoxy groups -OCH3 is 3. The Morgan fingerprint density at radius 3 is 2.19 bits per heavy atom. The van der Waals surface area contributed by atoms with E-state index in [4.69, 9.17) is 23.7 Å². The van der Waals surface area contributed by atoms with E-state index in [1.807, 2.05) is 0 Å². The Bertz CT molecular complexity index is 974. The van der Waals surface area contributed by atoms with Gasteiger partial charge in [-0.25, -0.2) is 9.59 Å². The smallest absolute Gasteiger partial charge is 0.340 e. The van der Waals surface area contributed by atoms with Gasteiger partial charge in [0.05, 0.1) is 39.2 Å². The molecule has 0 saturated carbocycles. The van der Waals surface area contributed by atoms with Crippen molar-refractivity contribution in [2.45, 2.75) is 6.92 Å². The second-order valence-corrected chi connectivity index (χ2v) is 6.21. The number of nitrogens with one attached hydrogen (secondary N) is 1. The van der Waals surface area contributed by atoms with Crippen molar-refractivity contribution in [2.75, 3.05) is 39.9 Å². The lowest BCUT2D eigenvalue weighted by molar-refractivity contribution is -0.142. The summed E-state index contributed by atoms with van der Waals surface area (Å²) >= 11 is 0. The second kappa shape index (κ2) is 12.0. The highest BCUT2D eigenvalue weighted by atomic mass is 16.5. The highest BCUT2D eigenvalue weighted by molar-refractivity contribution is 6.02. The highest BCUT2D eigenvalue weighted by Gasteiger charge is 2.15. The number of hydrogen-bond acceptors (Lipinski definition) is 8. The highest BCUT2D eigenvalue weighted by Crippen LogP contribution is 2.38. The van der Waals surface area contributed by atoms with Crippen molar-refractivity contribution in [2.24, 2.45) is 0 Å². The van der Waals surface area contributed by atoms with E-state index >= 15 is 0 Å². The zero-order valence-corrected chi connectivity index (χ0v) is 18.3. The molecule has 0 spiro atoms. The first-order chi connectivity index (χ1) is 15.4. The number of para-hydroxylation sites is 1. The van der Waals surface area contributed by atoms with Gasteiger partial charge in [0.1, 0.15) is 0 Å². The van der Waals surface area contributed by atoms with Crippen LogP contribution in [0.1, 0.15) is 22.8 Å². The van der Waals surface area contributed by atoms with Crippen LogP contribution in [0.2, 0.25) is 0 Å². The fraction of sp³-hybridized carbons (Fsp3) is 0.261. The Labute approximate surface area is 185 Å². The number of hydrogen-bond donors (Lipinski definition) is 1. The summed E-state index contributed by atoms with van der Waals surface area (Å²) in [4.78, 5) is 36.1. The Balaban J connectivity index is 1.98. The third-order valence-electron chi connectivity index (χ3n) is 4.14. The van der Waals surface area contributed by atoms with Gasteiger partial charge in [-0.3, -0.25) is 4.79 Å². The third kappa shape index (κ3) is 6.49. The monoisotopic (exact) mass is 443 g/mol. The van der Waals surface area contributed by atoms with E-state index in [1.165, 1.54) is 39.5 Å². The summed E-state index contributed by atoms with van der Waals surface area (Å²) in [7, 11) is 4.46. The van der Waals surface area contributed by atoms with Gasteiger partial charge in [0.15, 0.2) is 18.1 Å². The minimum absolute atomic E-state index is 0.205. The van der Waals surface area contributed by atoms with Crippen LogP contribution in [0.3, 0.4) is 0 Å². The zero-order chi connectivity index (χ0) is 23.5. The molecule has 1 N–H and O–H groups in total. The zero-order valence-electron chi connectivity index (χ0n) is 18.3. The van der Waals surface area contributed by atoms with E-state index in [0.717, 1.165) is 0 Å². The van der Waals surface area contributed by atoms with E-state index in [0.29, 0.717) is 22.8 Å². The predicted octanol–water partition coefficient (Wildman–Crippen LogP) is 3.08. The molecule has 0 unspecified atom stereocenters. The van der Waals surface area contributed by atoms with E-state index in [1.54, 1.807) is 37.3 Å². The molecule has 32 heavy (non-hydrogen) atoms.